The Morgan fingerprint density at radius 3 is 2.44 bits per heavy atom. The van der Waals surface area contributed by atoms with E-state index in [1.54, 1.807) is 42.5 Å². The van der Waals surface area contributed by atoms with Gasteiger partial charge in [0.1, 0.15) is 24.4 Å². The van der Waals surface area contributed by atoms with Crippen LogP contribution in [0.2, 0.25) is 10.0 Å². The number of nitrogens with one attached hydrogen (secondary N) is 1. The molecule has 10 heteroatoms. The maximum absolute atomic E-state index is 12.6. The van der Waals surface area contributed by atoms with Gasteiger partial charge in [0, 0.05) is 34.7 Å². The third kappa shape index (κ3) is 6.09. The van der Waals surface area contributed by atoms with Crippen molar-refractivity contribution in [3.05, 3.63) is 63.6 Å². The molecule has 0 saturated carbocycles. The number of carbonyl (C=O) groups excluding carboxylic acids is 2. The summed E-state index contributed by atoms with van der Waals surface area (Å²) in [6.45, 7) is 1.59. The summed E-state index contributed by atoms with van der Waals surface area (Å²) in [4.78, 5) is 37.4. The highest BCUT2D eigenvalue weighted by molar-refractivity contribution is 7.99. The van der Waals surface area contributed by atoms with Crippen molar-refractivity contribution in [2.24, 2.45) is 0 Å². The quantitative estimate of drug-likeness (QED) is 0.579. The van der Waals surface area contributed by atoms with Crippen LogP contribution in [0.3, 0.4) is 0 Å². The summed E-state index contributed by atoms with van der Waals surface area (Å²) in [5, 5.41) is 13.2. The second kappa shape index (κ2) is 10.9. The van der Waals surface area contributed by atoms with Gasteiger partial charge in [-0.2, -0.15) is 0 Å². The van der Waals surface area contributed by atoms with Gasteiger partial charge in [0.15, 0.2) is 0 Å². The largest absolute Gasteiger partial charge is 0.489 e. The summed E-state index contributed by atoms with van der Waals surface area (Å²) in [6.07, 6.45) is 0.0949. The van der Waals surface area contributed by atoms with Crippen molar-refractivity contribution in [2.45, 2.75) is 32.0 Å². The summed E-state index contributed by atoms with van der Waals surface area (Å²) in [5.74, 6) is -0.386. The van der Waals surface area contributed by atoms with E-state index in [1.807, 2.05) is 0 Å². The first-order valence-electron chi connectivity index (χ1n) is 9.79. The normalized spacial score (nSPS) is 16.5. The smallest absolute Gasteiger partial charge is 0.326 e. The molecule has 0 aromatic heterocycles. The Hall–Kier alpha value is -2.42. The van der Waals surface area contributed by atoms with Gasteiger partial charge < -0.3 is 20.1 Å². The number of carboxylic acid groups (broad SMARTS) is 1. The van der Waals surface area contributed by atoms with Crippen LogP contribution < -0.4 is 10.1 Å². The molecule has 0 radical (unpaired) electrons. The maximum Gasteiger partial charge on any atom is 0.326 e. The van der Waals surface area contributed by atoms with E-state index in [0.29, 0.717) is 38.6 Å². The van der Waals surface area contributed by atoms with Gasteiger partial charge in [-0.15, -0.1) is 11.8 Å². The Bertz CT molecular complexity index is 982. The fourth-order valence-corrected chi connectivity index (χ4v) is 4.95. The second-order valence-corrected chi connectivity index (χ2v) is 9.06. The minimum absolute atomic E-state index is 0.0949. The van der Waals surface area contributed by atoms with Gasteiger partial charge in [-0.1, -0.05) is 41.4 Å². The average Bonchev–Trinajstić information content (AvgIpc) is 3.24. The van der Waals surface area contributed by atoms with Crippen LogP contribution in [-0.4, -0.2) is 51.5 Å². The number of thioether (sulfide) groups is 1. The molecule has 0 spiro atoms. The van der Waals surface area contributed by atoms with E-state index in [2.05, 4.69) is 5.32 Å². The number of halogens is 2. The molecule has 2 N–H and O–H groups in total. The minimum atomic E-state index is -1.15. The highest BCUT2D eigenvalue weighted by Crippen LogP contribution is 2.26. The fraction of sp³-hybridized carbons (Fsp3) is 0.318. The molecular weight excluding hydrogens is 475 g/mol. The number of nitrogens with zero attached hydrogens (tertiary/aromatic N) is 1. The second-order valence-electron chi connectivity index (χ2n) is 7.24. The molecule has 7 nitrogen and oxygen atoms in total. The summed E-state index contributed by atoms with van der Waals surface area (Å²) < 4.78 is 5.73. The third-order valence-electron chi connectivity index (χ3n) is 5.01. The number of ether oxygens (including phenoxy) is 1. The predicted molar refractivity (Wildman–Crippen MR) is 124 cm³/mol. The Kier molecular flexibility index (Phi) is 8.28. The highest BCUT2D eigenvalue weighted by atomic mass is 35.5. The Morgan fingerprint density at radius 1 is 1.19 bits per heavy atom. The van der Waals surface area contributed by atoms with Gasteiger partial charge in [-0.25, -0.2) is 4.79 Å². The molecule has 1 aliphatic heterocycles. The molecule has 32 heavy (non-hydrogen) atoms. The molecule has 1 fully saturated rings. The van der Waals surface area contributed by atoms with Crippen LogP contribution in [0.1, 0.15) is 18.1 Å². The molecule has 1 aliphatic rings. The van der Waals surface area contributed by atoms with E-state index < -0.39 is 24.0 Å². The number of rotatable bonds is 8. The zero-order valence-corrected chi connectivity index (χ0v) is 19.5. The van der Waals surface area contributed by atoms with Crippen molar-refractivity contribution >= 4 is 52.7 Å². The Labute approximate surface area is 200 Å². The third-order valence-corrected chi connectivity index (χ3v) is 6.73. The lowest BCUT2D eigenvalue weighted by Gasteiger charge is -2.23. The average molecular weight is 497 g/mol. The summed E-state index contributed by atoms with van der Waals surface area (Å²) >= 11 is 13.7. The monoisotopic (exact) mass is 496 g/mol. The van der Waals surface area contributed by atoms with Gasteiger partial charge in [0.2, 0.25) is 11.8 Å². The van der Waals surface area contributed by atoms with E-state index in [4.69, 9.17) is 27.9 Å². The number of amides is 2. The van der Waals surface area contributed by atoms with E-state index >= 15 is 0 Å². The Balaban J connectivity index is 1.60. The van der Waals surface area contributed by atoms with Crippen molar-refractivity contribution in [1.82, 2.24) is 10.2 Å². The first kappa shape index (κ1) is 24.2. The first-order valence-corrected chi connectivity index (χ1v) is 11.7. The Morgan fingerprint density at radius 2 is 1.84 bits per heavy atom. The fourth-order valence-electron chi connectivity index (χ4n) is 3.22. The molecule has 0 bridgehead atoms. The molecule has 1 saturated heterocycles. The van der Waals surface area contributed by atoms with Crippen LogP contribution in [0.5, 0.6) is 5.75 Å². The van der Waals surface area contributed by atoms with Gasteiger partial charge in [-0.05, 0) is 29.8 Å². The molecule has 2 amide bonds. The van der Waals surface area contributed by atoms with Gasteiger partial charge in [0.05, 0.1) is 5.88 Å². The van der Waals surface area contributed by atoms with Gasteiger partial charge >= 0.3 is 5.97 Å². The SMILES string of the molecule is CC(=O)N1CSCC1C(=O)N[C@@H](Cc1ccc(OCc2c(Cl)cccc2Cl)cc1)C(=O)O. The zero-order valence-electron chi connectivity index (χ0n) is 17.2. The van der Waals surface area contributed by atoms with E-state index in [1.165, 1.54) is 23.6 Å². The molecule has 170 valence electrons. The number of hydrogen-bond acceptors (Lipinski definition) is 5. The van der Waals surface area contributed by atoms with Crippen molar-refractivity contribution < 1.29 is 24.2 Å². The molecule has 2 aromatic carbocycles. The van der Waals surface area contributed by atoms with Crippen molar-refractivity contribution in [1.29, 1.82) is 0 Å². The lowest BCUT2D eigenvalue weighted by Crippen LogP contribution is -2.52. The van der Waals surface area contributed by atoms with E-state index in [-0.39, 0.29) is 18.9 Å². The summed E-state index contributed by atoms with van der Waals surface area (Å²) in [5.41, 5.74) is 1.39. The number of benzene rings is 2. The molecule has 2 atom stereocenters. The molecule has 2 aromatic rings. The van der Waals surface area contributed by atoms with Gasteiger partial charge in [-0.3, -0.25) is 9.59 Å². The molecule has 0 aliphatic carbocycles. The molecule has 1 unspecified atom stereocenters. The van der Waals surface area contributed by atoms with Gasteiger partial charge in [0.25, 0.3) is 0 Å². The lowest BCUT2D eigenvalue weighted by atomic mass is 10.1. The lowest BCUT2D eigenvalue weighted by molar-refractivity contribution is -0.143. The molecular formula is C22H22Cl2N2O5S. The molecule has 1 heterocycles. The van der Waals surface area contributed by atoms with E-state index in [0.717, 1.165) is 0 Å². The predicted octanol–water partition coefficient (Wildman–Crippen LogP) is 3.61. The van der Waals surface area contributed by atoms with Crippen molar-refractivity contribution in [2.75, 3.05) is 11.6 Å². The van der Waals surface area contributed by atoms with Crippen molar-refractivity contribution in [3.63, 3.8) is 0 Å². The van der Waals surface area contributed by atoms with Crippen LogP contribution in [-0.2, 0) is 27.4 Å². The molecule has 3 rings (SSSR count). The first-order chi connectivity index (χ1) is 15.3. The number of carbonyl (C=O) groups is 3. The van der Waals surface area contributed by atoms with Crippen LogP contribution in [0, 0.1) is 0 Å². The highest BCUT2D eigenvalue weighted by Gasteiger charge is 2.35. The summed E-state index contributed by atoms with van der Waals surface area (Å²) in [6, 6.07) is 10.3. The van der Waals surface area contributed by atoms with Crippen LogP contribution in [0.25, 0.3) is 0 Å². The van der Waals surface area contributed by atoms with Crippen molar-refractivity contribution in [3.8, 4) is 5.75 Å². The summed E-state index contributed by atoms with van der Waals surface area (Å²) in [7, 11) is 0. The standard InChI is InChI=1S/C22H22Cl2N2O5S/c1-13(27)26-12-32-11-20(26)21(28)25-19(22(29)30)9-14-5-7-15(8-6-14)31-10-16-17(23)3-2-4-18(16)24/h2-8,19-20H,9-12H2,1H3,(H,25,28)(H,29,30)/t19-,20?/m0/s1. The zero-order chi connectivity index (χ0) is 23.3. The number of hydrogen-bond donors (Lipinski definition) is 2. The van der Waals surface area contributed by atoms with Crippen LogP contribution in [0.15, 0.2) is 42.5 Å². The van der Waals surface area contributed by atoms with Crippen LogP contribution >= 0.6 is 35.0 Å². The minimum Gasteiger partial charge on any atom is -0.489 e. The topological polar surface area (TPSA) is 95.9 Å². The van der Waals surface area contributed by atoms with E-state index in [9.17, 15) is 19.5 Å². The van der Waals surface area contributed by atoms with Crippen LogP contribution in [0.4, 0.5) is 0 Å². The number of carboxylic acids is 1. The maximum atomic E-state index is 12.6. The number of aliphatic carboxylic acids is 1.